The van der Waals surface area contributed by atoms with Crippen molar-refractivity contribution in [1.29, 1.82) is 0 Å². The highest BCUT2D eigenvalue weighted by Gasteiger charge is 2.23. The summed E-state index contributed by atoms with van der Waals surface area (Å²) in [4.78, 5) is 14.1. The maximum absolute atomic E-state index is 12.2. The third-order valence-electron chi connectivity index (χ3n) is 3.07. The van der Waals surface area contributed by atoms with Crippen LogP contribution in [0.15, 0.2) is 42.0 Å². The van der Waals surface area contributed by atoms with Gasteiger partial charge in [-0.1, -0.05) is 42.0 Å². The monoisotopic (exact) mass is 230 g/mol. The first kappa shape index (κ1) is 11.9. The van der Waals surface area contributed by atoms with Gasteiger partial charge in [-0.25, -0.2) is 0 Å². The Bertz CT molecular complexity index is 425. The number of carbonyl (C=O) groups excluding carboxylic acids is 1. The van der Waals surface area contributed by atoms with Crippen molar-refractivity contribution in [2.24, 2.45) is 5.73 Å². The first-order chi connectivity index (χ1) is 8.18. The lowest BCUT2D eigenvalue weighted by Crippen LogP contribution is -2.41. The zero-order valence-electron chi connectivity index (χ0n) is 10.1. The van der Waals surface area contributed by atoms with E-state index in [-0.39, 0.29) is 5.91 Å². The number of hydrogen-bond acceptors (Lipinski definition) is 2. The summed E-state index contributed by atoms with van der Waals surface area (Å²) in [5.41, 5.74) is 8.12. The molecule has 1 heterocycles. The number of hydrogen-bond donors (Lipinski definition) is 1. The Morgan fingerprint density at radius 3 is 2.71 bits per heavy atom. The van der Waals surface area contributed by atoms with Gasteiger partial charge in [0.2, 0.25) is 5.91 Å². The predicted molar refractivity (Wildman–Crippen MR) is 68.3 cm³/mol. The zero-order chi connectivity index (χ0) is 12.3. The Labute approximate surface area is 102 Å². The lowest BCUT2D eigenvalue weighted by atomic mass is 10.0. The van der Waals surface area contributed by atoms with E-state index in [1.165, 1.54) is 5.57 Å². The molecular weight excluding hydrogens is 212 g/mol. The second-order valence-corrected chi connectivity index (χ2v) is 4.49. The Balaban J connectivity index is 2.08. The van der Waals surface area contributed by atoms with Crippen molar-refractivity contribution in [3.63, 3.8) is 0 Å². The molecule has 1 aliphatic rings. The second kappa shape index (κ2) is 5.15. The minimum Gasteiger partial charge on any atom is -0.337 e. The summed E-state index contributed by atoms with van der Waals surface area (Å²) < 4.78 is 0. The van der Waals surface area contributed by atoms with E-state index in [0.717, 1.165) is 18.5 Å². The van der Waals surface area contributed by atoms with Crippen molar-refractivity contribution in [3.05, 3.63) is 47.5 Å². The quantitative estimate of drug-likeness (QED) is 0.788. The number of rotatable bonds is 2. The van der Waals surface area contributed by atoms with Crippen molar-refractivity contribution in [1.82, 2.24) is 4.90 Å². The molecule has 1 atom stereocenters. The van der Waals surface area contributed by atoms with Crippen molar-refractivity contribution >= 4 is 5.91 Å². The molecule has 0 unspecified atom stereocenters. The Morgan fingerprint density at radius 1 is 1.35 bits per heavy atom. The van der Waals surface area contributed by atoms with Crippen LogP contribution in [0.2, 0.25) is 0 Å². The van der Waals surface area contributed by atoms with Gasteiger partial charge in [-0.15, -0.1) is 0 Å². The molecule has 0 aromatic heterocycles. The first-order valence-corrected chi connectivity index (χ1v) is 5.93. The number of nitrogens with two attached hydrogens (primary N) is 1. The van der Waals surface area contributed by atoms with E-state index < -0.39 is 6.04 Å². The van der Waals surface area contributed by atoms with E-state index in [4.69, 9.17) is 5.73 Å². The molecule has 3 heteroatoms. The van der Waals surface area contributed by atoms with Gasteiger partial charge in [-0.3, -0.25) is 4.79 Å². The maximum Gasteiger partial charge on any atom is 0.244 e. The maximum atomic E-state index is 12.2. The van der Waals surface area contributed by atoms with E-state index in [1.807, 2.05) is 42.2 Å². The molecule has 0 fully saturated rings. The molecule has 0 spiro atoms. The van der Waals surface area contributed by atoms with Gasteiger partial charge >= 0.3 is 0 Å². The number of nitrogens with zero attached hydrogens (tertiary/aromatic N) is 1. The minimum absolute atomic E-state index is 0.0173. The molecule has 0 radical (unpaired) electrons. The van der Waals surface area contributed by atoms with Crippen molar-refractivity contribution in [2.75, 3.05) is 13.1 Å². The largest absolute Gasteiger partial charge is 0.337 e. The van der Waals surface area contributed by atoms with Gasteiger partial charge in [0.25, 0.3) is 0 Å². The fourth-order valence-electron chi connectivity index (χ4n) is 2.10. The molecule has 3 nitrogen and oxygen atoms in total. The average Bonchev–Trinajstić information content (AvgIpc) is 2.38. The van der Waals surface area contributed by atoms with Gasteiger partial charge in [-0.2, -0.15) is 0 Å². The summed E-state index contributed by atoms with van der Waals surface area (Å²) in [7, 11) is 0. The molecule has 2 N–H and O–H groups in total. The summed E-state index contributed by atoms with van der Waals surface area (Å²) in [6, 6.07) is 8.99. The van der Waals surface area contributed by atoms with Gasteiger partial charge in [0, 0.05) is 13.1 Å². The highest BCUT2D eigenvalue weighted by molar-refractivity contribution is 5.83. The second-order valence-electron chi connectivity index (χ2n) is 4.49. The Kier molecular flexibility index (Phi) is 3.59. The molecule has 2 rings (SSSR count). The van der Waals surface area contributed by atoms with E-state index in [2.05, 4.69) is 6.08 Å². The summed E-state index contributed by atoms with van der Waals surface area (Å²) in [5, 5.41) is 0. The minimum atomic E-state index is -0.540. The van der Waals surface area contributed by atoms with Crippen LogP contribution in [0.1, 0.15) is 24.9 Å². The predicted octanol–water partition coefficient (Wildman–Crippen LogP) is 1.87. The molecule has 0 saturated heterocycles. The van der Waals surface area contributed by atoms with Crippen LogP contribution in [0.4, 0.5) is 0 Å². The fourth-order valence-corrected chi connectivity index (χ4v) is 2.10. The summed E-state index contributed by atoms with van der Waals surface area (Å²) >= 11 is 0. The Hall–Kier alpha value is -1.61. The summed E-state index contributed by atoms with van der Waals surface area (Å²) in [6.45, 7) is 3.53. The SMILES string of the molecule is CC1=CCCN(C(=O)[C@H](N)c2ccccc2)C1. The van der Waals surface area contributed by atoms with E-state index >= 15 is 0 Å². The van der Waals surface area contributed by atoms with Crippen molar-refractivity contribution < 1.29 is 4.79 Å². The van der Waals surface area contributed by atoms with Crippen LogP contribution in [0.3, 0.4) is 0 Å². The smallest absolute Gasteiger partial charge is 0.244 e. The van der Waals surface area contributed by atoms with E-state index in [9.17, 15) is 4.79 Å². The van der Waals surface area contributed by atoms with Crippen LogP contribution in [-0.2, 0) is 4.79 Å². The van der Waals surface area contributed by atoms with Gasteiger partial charge in [0.1, 0.15) is 6.04 Å². The molecule has 90 valence electrons. The van der Waals surface area contributed by atoms with Crippen LogP contribution in [0, 0.1) is 0 Å². The first-order valence-electron chi connectivity index (χ1n) is 5.93. The third-order valence-corrected chi connectivity index (χ3v) is 3.07. The molecule has 17 heavy (non-hydrogen) atoms. The zero-order valence-corrected chi connectivity index (χ0v) is 10.1. The number of amides is 1. The van der Waals surface area contributed by atoms with Crippen LogP contribution >= 0.6 is 0 Å². The van der Waals surface area contributed by atoms with Crippen molar-refractivity contribution in [3.8, 4) is 0 Å². The number of benzene rings is 1. The van der Waals surface area contributed by atoms with Crippen LogP contribution in [0.5, 0.6) is 0 Å². The van der Waals surface area contributed by atoms with Gasteiger partial charge in [-0.05, 0) is 18.9 Å². The number of carbonyl (C=O) groups is 1. The highest BCUT2D eigenvalue weighted by atomic mass is 16.2. The van der Waals surface area contributed by atoms with Gasteiger partial charge in [0.05, 0.1) is 0 Å². The van der Waals surface area contributed by atoms with Crippen LogP contribution in [-0.4, -0.2) is 23.9 Å². The summed E-state index contributed by atoms with van der Waals surface area (Å²) in [5.74, 6) is 0.0173. The molecule has 0 aliphatic carbocycles. The molecule has 1 amide bonds. The van der Waals surface area contributed by atoms with Gasteiger partial charge in [0.15, 0.2) is 0 Å². The van der Waals surface area contributed by atoms with Crippen molar-refractivity contribution in [2.45, 2.75) is 19.4 Å². The standard InChI is InChI=1S/C14H18N2O/c1-11-6-5-9-16(10-11)14(17)13(15)12-7-3-2-4-8-12/h2-4,6-8,13H,5,9-10,15H2,1H3/t13-/m1/s1. The lowest BCUT2D eigenvalue weighted by molar-refractivity contribution is -0.132. The van der Waals surface area contributed by atoms with Gasteiger partial charge < -0.3 is 10.6 Å². The average molecular weight is 230 g/mol. The van der Waals surface area contributed by atoms with E-state index in [1.54, 1.807) is 0 Å². The fraction of sp³-hybridized carbons (Fsp3) is 0.357. The topological polar surface area (TPSA) is 46.3 Å². The molecule has 1 aliphatic heterocycles. The molecule has 0 saturated carbocycles. The third kappa shape index (κ3) is 2.74. The normalized spacial score (nSPS) is 17.5. The molecule has 1 aromatic carbocycles. The summed E-state index contributed by atoms with van der Waals surface area (Å²) in [6.07, 6.45) is 3.11. The molecule has 0 bridgehead atoms. The van der Waals surface area contributed by atoms with Crippen LogP contribution < -0.4 is 5.73 Å². The Morgan fingerprint density at radius 2 is 2.06 bits per heavy atom. The molecular formula is C14H18N2O. The highest BCUT2D eigenvalue weighted by Crippen LogP contribution is 2.16. The van der Waals surface area contributed by atoms with E-state index in [0.29, 0.717) is 6.54 Å². The van der Waals surface area contributed by atoms with Crippen LogP contribution in [0.25, 0.3) is 0 Å². The molecule has 1 aromatic rings. The lowest BCUT2D eigenvalue weighted by Gasteiger charge is -2.28.